The van der Waals surface area contributed by atoms with Gasteiger partial charge in [-0.3, -0.25) is 0 Å². The number of rotatable bonds is 5. The Labute approximate surface area is 95.3 Å². The molecule has 1 aromatic rings. The quantitative estimate of drug-likeness (QED) is 0.859. The highest BCUT2D eigenvalue weighted by molar-refractivity contribution is 7.99. The zero-order valence-corrected chi connectivity index (χ0v) is 10.4. The molecule has 0 aliphatic rings. The third kappa shape index (κ3) is 3.85. The van der Waals surface area contributed by atoms with E-state index in [9.17, 15) is 8.42 Å². The van der Waals surface area contributed by atoms with Gasteiger partial charge in [0.25, 0.3) is 0 Å². The summed E-state index contributed by atoms with van der Waals surface area (Å²) in [5.41, 5.74) is 0. The highest BCUT2D eigenvalue weighted by Gasteiger charge is 2.13. The molecule has 5 heteroatoms. The molecule has 0 fully saturated rings. The van der Waals surface area contributed by atoms with Crippen LogP contribution < -0.4 is 4.72 Å². The summed E-state index contributed by atoms with van der Waals surface area (Å²) in [5.74, 6) is 0. The van der Waals surface area contributed by atoms with Crippen molar-refractivity contribution in [2.75, 3.05) is 12.8 Å². The van der Waals surface area contributed by atoms with Crippen molar-refractivity contribution < 1.29 is 8.42 Å². The van der Waals surface area contributed by atoms with Crippen LogP contribution in [-0.4, -0.2) is 26.5 Å². The van der Waals surface area contributed by atoms with Crippen molar-refractivity contribution in [1.82, 2.24) is 4.72 Å². The molecule has 15 heavy (non-hydrogen) atoms. The Bertz CT molecular complexity index is 389. The number of hydrogen-bond donors (Lipinski definition) is 1. The Morgan fingerprint density at radius 2 is 1.93 bits per heavy atom. The molecule has 3 nitrogen and oxygen atoms in total. The van der Waals surface area contributed by atoms with E-state index < -0.39 is 10.0 Å². The van der Waals surface area contributed by atoms with Crippen molar-refractivity contribution in [1.29, 1.82) is 0 Å². The normalized spacial score (nSPS) is 13.7. The summed E-state index contributed by atoms with van der Waals surface area (Å²) in [6, 6.07) is 8.40. The van der Waals surface area contributed by atoms with E-state index in [0.29, 0.717) is 11.4 Å². The molecule has 1 atom stereocenters. The lowest BCUT2D eigenvalue weighted by Crippen LogP contribution is -2.29. The van der Waals surface area contributed by atoms with Gasteiger partial charge in [-0.25, -0.2) is 13.1 Å². The molecule has 0 saturated heterocycles. The molecule has 0 heterocycles. The number of sulfonamides is 1. The van der Waals surface area contributed by atoms with Gasteiger partial charge in [-0.1, -0.05) is 25.1 Å². The van der Waals surface area contributed by atoms with Crippen molar-refractivity contribution >= 4 is 21.8 Å². The Morgan fingerprint density at radius 1 is 1.33 bits per heavy atom. The smallest absolute Gasteiger partial charge is 0.210 e. The average molecular weight is 245 g/mol. The van der Waals surface area contributed by atoms with Gasteiger partial charge in [0, 0.05) is 11.8 Å². The van der Waals surface area contributed by atoms with Crippen LogP contribution in [-0.2, 0) is 10.0 Å². The maximum absolute atomic E-state index is 11.7. The van der Waals surface area contributed by atoms with Gasteiger partial charge in [0.1, 0.15) is 0 Å². The van der Waals surface area contributed by atoms with Gasteiger partial charge in [0.05, 0.1) is 4.90 Å². The minimum absolute atomic E-state index is 0.281. The van der Waals surface area contributed by atoms with Crippen LogP contribution in [0.2, 0.25) is 0 Å². The lowest BCUT2D eigenvalue weighted by atomic mass is 10.4. The molecule has 0 radical (unpaired) electrons. The summed E-state index contributed by atoms with van der Waals surface area (Å²) < 4.78 is 26.0. The first kappa shape index (κ1) is 12.5. The largest absolute Gasteiger partial charge is 0.240 e. The molecule has 0 spiro atoms. The second-order valence-electron chi connectivity index (χ2n) is 3.21. The highest BCUT2D eigenvalue weighted by atomic mass is 32.2. The van der Waals surface area contributed by atoms with Crippen LogP contribution in [0.4, 0.5) is 0 Å². The SMILES string of the molecule is CSC(C)CNS(=O)(=O)c1ccccc1. The van der Waals surface area contributed by atoms with E-state index in [0.717, 1.165) is 0 Å². The first-order valence-corrected chi connectivity index (χ1v) is 7.41. The van der Waals surface area contributed by atoms with Crippen LogP contribution in [0.1, 0.15) is 6.92 Å². The number of benzene rings is 1. The summed E-state index contributed by atoms with van der Waals surface area (Å²) in [6.07, 6.45) is 1.96. The van der Waals surface area contributed by atoms with E-state index in [1.165, 1.54) is 0 Å². The molecular weight excluding hydrogens is 230 g/mol. The summed E-state index contributed by atoms with van der Waals surface area (Å²) in [4.78, 5) is 0.318. The second-order valence-corrected chi connectivity index (χ2v) is 6.25. The Kier molecular flexibility index (Phi) is 4.63. The van der Waals surface area contributed by atoms with Gasteiger partial charge >= 0.3 is 0 Å². The Hall–Kier alpha value is -0.520. The minimum Gasteiger partial charge on any atom is -0.210 e. The molecular formula is C10H15NO2S2. The summed E-state index contributed by atoms with van der Waals surface area (Å²) in [5, 5.41) is 0.281. The van der Waals surface area contributed by atoms with Crippen molar-refractivity contribution in [3.63, 3.8) is 0 Å². The van der Waals surface area contributed by atoms with E-state index in [2.05, 4.69) is 4.72 Å². The fraction of sp³-hybridized carbons (Fsp3) is 0.400. The fourth-order valence-electron chi connectivity index (χ4n) is 0.993. The van der Waals surface area contributed by atoms with Crippen LogP contribution >= 0.6 is 11.8 Å². The number of hydrogen-bond acceptors (Lipinski definition) is 3. The number of nitrogens with one attached hydrogen (secondary N) is 1. The topological polar surface area (TPSA) is 46.2 Å². The van der Waals surface area contributed by atoms with Crippen LogP contribution in [0.15, 0.2) is 35.2 Å². The molecule has 0 bridgehead atoms. The van der Waals surface area contributed by atoms with Crippen LogP contribution in [0.3, 0.4) is 0 Å². The molecule has 1 aromatic carbocycles. The van der Waals surface area contributed by atoms with Crippen LogP contribution in [0.5, 0.6) is 0 Å². The van der Waals surface area contributed by atoms with Crippen LogP contribution in [0, 0.1) is 0 Å². The molecule has 0 aliphatic heterocycles. The summed E-state index contributed by atoms with van der Waals surface area (Å²) in [7, 11) is -3.33. The third-order valence-corrected chi connectivity index (χ3v) is 4.43. The predicted octanol–water partition coefficient (Wildman–Crippen LogP) is 1.72. The predicted molar refractivity (Wildman–Crippen MR) is 64.6 cm³/mol. The van der Waals surface area contributed by atoms with E-state index in [-0.39, 0.29) is 5.25 Å². The fourth-order valence-corrected chi connectivity index (χ4v) is 2.50. The lowest BCUT2D eigenvalue weighted by Gasteiger charge is -2.10. The summed E-state index contributed by atoms with van der Waals surface area (Å²) in [6.45, 7) is 2.44. The monoisotopic (exact) mass is 245 g/mol. The zero-order chi connectivity index (χ0) is 11.3. The standard InChI is InChI=1S/C10H15NO2S2/c1-9(14-2)8-11-15(12,13)10-6-4-3-5-7-10/h3-7,9,11H,8H2,1-2H3. The van der Waals surface area contributed by atoms with Gasteiger partial charge in [-0.05, 0) is 18.4 Å². The highest BCUT2D eigenvalue weighted by Crippen LogP contribution is 2.09. The van der Waals surface area contributed by atoms with E-state index in [1.807, 2.05) is 13.2 Å². The van der Waals surface area contributed by atoms with Crippen molar-refractivity contribution in [2.45, 2.75) is 17.1 Å². The van der Waals surface area contributed by atoms with Crippen molar-refractivity contribution in [3.05, 3.63) is 30.3 Å². The second kappa shape index (κ2) is 5.53. The summed E-state index contributed by atoms with van der Waals surface area (Å²) >= 11 is 1.63. The lowest BCUT2D eigenvalue weighted by molar-refractivity contribution is 0.581. The van der Waals surface area contributed by atoms with Gasteiger partial charge in [-0.2, -0.15) is 11.8 Å². The molecule has 0 aliphatic carbocycles. The molecule has 1 N–H and O–H groups in total. The maximum Gasteiger partial charge on any atom is 0.240 e. The average Bonchev–Trinajstić information content (AvgIpc) is 2.27. The van der Waals surface area contributed by atoms with Gasteiger partial charge < -0.3 is 0 Å². The first-order chi connectivity index (χ1) is 7.06. The zero-order valence-electron chi connectivity index (χ0n) is 8.80. The van der Waals surface area contributed by atoms with Gasteiger partial charge in [0.2, 0.25) is 10.0 Å². The molecule has 84 valence electrons. The first-order valence-electron chi connectivity index (χ1n) is 4.64. The molecule has 1 rings (SSSR count). The van der Waals surface area contributed by atoms with Gasteiger partial charge in [-0.15, -0.1) is 0 Å². The Balaban J connectivity index is 2.69. The molecule has 0 amide bonds. The van der Waals surface area contributed by atoms with E-state index >= 15 is 0 Å². The molecule has 1 unspecified atom stereocenters. The van der Waals surface area contributed by atoms with Crippen LogP contribution in [0.25, 0.3) is 0 Å². The van der Waals surface area contributed by atoms with E-state index in [1.54, 1.807) is 42.1 Å². The minimum atomic E-state index is -3.33. The maximum atomic E-state index is 11.7. The third-order valence-electron chi connectivity index (χ3n) is 2.02. The van der Waals surface area contributed by atoms with E-state index in [4.69, 9.17) is 0 Å². The van der Waals surface area contributed by atoms with Gasteiger partial charge in [0.15, 0.2) is 0 Å². The Morgan fingerprint density at radius 3 is 2.47 bits per heavy atom. The molecule has 0 saturated carbocycles. The number of thioether (sulfide) groups is 1. The van der Waals surface area contributed by atoms with Crippen molar-refractivity contribution in [2.24, 2.45) is 0 Å². The molecule has 0 aromatic heterocycles. The van der Waals surface area contributed by atoms with Crippen molar-refractivity contribution in [3.8, 4) is 0 Å².